The van der Waals surface area contributed by atoms with Crippen LogP contribution in [0.5, 0.6) is 5.75 Å². The number of carbonyl (C=O) groups excluding carboxylic acids is 1. The molecule has 1 aromatic carbocycles. The molecule has 6 nitrogen and oxygen atoms in total. The number of methoxy groups -OCH3 is 1. The predicted octanol–water partition coefficient (Wildman–Crippen LogP) is 0.660. The van der Waals surface area contributed by atoms with Gasteiger partial charge in [-0.3, -0.25) is 4.79 Å². The summed E-state index contributed by atoms with van der Waals surface area (Å²) in [5.74, 6) is -0.964. The lowest BCUT2D eigenvalue weighted by Crippen LogP contribution is -2.28. The zero-order valence-electron chi connectivity index (χ0n) is 11.1. The average molecular weight is 279 g/mol. The van der Waals surface area contributed by atoms with Gasteiger partial charge in [-0.2, -0.15) is 0 Å². The number of ether oxygens (including phenoxy) is 1. The summed E-state index contributed by atoms with van der Waals surface area (Å²) in [7, 11) is 1.56. The SMILES string of the molecule is COc1cccc(/C=C/C(=O)NCC[C@H](O)C(=O)O)c1. The van der Waals surface area contributed by atoms with E-state index in [4.69, 9.17) is 14.9 Å². The van der Waals surface area contributed by atoms with E-state index < -0.39 is 12.1 Å². The quantitative estimate of drug-likeness (QED) is 0.637. The van der Waals surface area contributed by atoms with E-state index in [1.807, 2.05) is 6.07 Å². The minimum atomic E-state index is -1.46. The number of nitrogens with one attached hydrogen (secondary N) is 1. The summed E-state index contributed by atoms with van der Waals surface area (Å²) in [6, 6.07) is 7.20. The van der Waals surface area contributed by atoms with Crippen LogP contribution < -0.4 is 10.1 Å². The van der Waals surface area contributed by atoms with Crippen molar-refractivity contribution in [2.75, 3.05) is 13.7 Å². The van der Waals surface area contributed by atoms with Gasteiger partial charge in [0.15, 0.2) is 6.10 Å². The van der Waals surface area contributed by atoms with E-state index in [-0.39, 0.29) is 18.9 Å². The molecule has 6 heteroatoms. The van der Waals surface area contributed by atoms with Crippen LogP contribution in [0.4, 0.5) is 0 Å². The maximum absolute atomic E-state index is 11.5. The van der Waals surface area contributed by atoms with E-state index in [0.29, 0.717) is 5.75 Å². The van der Waals surface area contributed by atoms with Gasteiger partial charge < -0.3 is 20.3 Å². The molecule has 0 aliphatic carbocycles. The number of carboxylic acid groups (broad SMARTS) is 1. The van der Waals surface area contributed by atoms with Gasteiger partial charge in [-0.25, -0.2) is 4.79 Å². The first kappa shape index (κ1) is 15.7. The third kappa shape index (κ3) is 5.53. The summed E-state index contributed by atoms with van der Waals surface area (Å²) in [5.41, 5.74) is 0.810. The fourth-order valence-electron chi connectivity index (χ4n) is 1.43. The van der Waals surface area contributed by atoms with Gasteiger partial charge >= 0.3 is 5.97 Å². The van der Waals surface area contributed by atoms with Crippen molar-refractivity contribution >= 4 is 18.0 Å². The van der Waals surface area contributed by atoms with Crippen LogP contribution in [0, 0.1) is 0 Å². The van der Waals surface area contributed by atoms with Gasteiger partial charge in [0, 0.05) is 19.0 Å². The van der Waals surface area contributed by atoms with E-state index in [1.54, 1.807) is 31.4 Å². The van der Waals surface area contributed by atoms with E-state index >= 15 is 0 Å². The second-order valence-electron chi connectivity index (χ2n) is 4.04. The smallest absolute Gasteiger partial charge is 0.332 e. The molecule has 0 fully saturated rings. The van der Waals surface area contributed by atoms with Crippen LogP contribution in [0.25, 0.3) is 6.08 Å². The molecule has 0 bridgehead atoms. The summed E-state index contributed by atoms with van der Waals surface area (Å²) in [5, 5.41) is 20.0. The van der Waals surface area contributed by atoms with Crippen molar-refractivity contribution in [1.82, 2.24) is 5.32 Å². The van der Waals surface area contributed by atoms with Crippen molar-refractivity contribution in [1.29, 1.82) is 0 Å². The Morgan fingerprint density at radius 3 is 2.85 bits per heavy atom. The molecule has 1 aromatic rings. The zero-order chi connectivity index (χ0) is 15.0. The second kappa shape index (κ2) is 7.96. The molecule has 0 radical (unpaired) electrons. The Hall–Kier alpha value is -2.34. The first-order chi connectivity index (χ1) is 9.52. The highest BCUT2D eigenvalue weighted by molar-refractivity contribution is 5.91. The van der Waals surface area contributed by atoms with Crippen LogP contribution in [0.1, 0.15) is 12.0 Å². The second-order valence-corrected chi connectivity index (χ2v) is 4.04. The van der Waals surface area contributed by atoms with E-state index in [1.165, 1.54) is 6.08 Å². The lowest BCUT2D eigenvalue weighted by Gasteiger charge is -2.05. The highest BCUT2D eigenvalue weighted by Crippen LogP contribution is 2.13. The minimum Gasteiger partial charge on any atom is -0.497 e. The van der Waals surface area contributed by atoms with Gasteiger partial charge in [-0.05, 0) is 23.8 Å². The topological polar surface area (TPSA) is 95.9 Å². The highest BCUT2D eigenvalue weighted by atomic mass is 16.5. The molecule has 108 valence electrons. The number of amides is 1. The van der Waals surface area contributed by atoms with Gasteiger partial charge in [-0.1, -0.05) is 12.1 Å². The number of aliphatic hydroxyl groups excluding tert-OH is 1. The molecule has 0 saturated heterocycles. The fourth-order valence-corrected chi connectivity index (χ4v) is 1.43. The predicted molar refractivity (Wildman–Crippen MR) is 73.3 cm³/mol. The third-order valence-electron chi connectivity index (χ3n) is 2.52. The van der Waals surface area contributed by atoms with E-state index in [0.717, 1.165) is 5.56 Å². The summed E-state index contributed by atoms with van der Waals surface area (Å²) in [4.78, 5) is 21.8. The third-order valence-corrected chi connectivity index (χ3v) is 2.52. The number of benzene rings is 1. The molecular weight excluding hydrogens is 262 g/mol. The van der Waals surface area contributed by atoms with Gasteiger partial charge in [0.05, 0.1) is 7.11 Å². The molecule has 1 rings (SSSR count). The molecule has 0 unspecified atom stereocenters. The van der Waals surface area contributed by atoms with Crippen molar-refractivity contribution in [3.8, 4) is 5.75 Å². The zero-order valence-corrected chi connectivity index (χ0v) is 11.1. The van der Waals surface area contributed by atoms with Crippen molar-refractivity contribution < 1.29 is 24.5 Å². The van der Waals surface area contributed by atoms with Crippen LogP contribution in [-0.4, -0.2) is 41.8 Å². The largest absolute Gasteiger partial charge is 0.497 e. The normalized spacial score (nSPS) is 12.1. The molecule has 0 aliphatic heterocycles. The van der Waals surface area contributed by atoms with Crippen molar-refractivity contribution in [3.05, 3.63) is 35.9 Å². The van der Waals surface area contributed by atoms with E-state index in [2.05, 4.69) is 5.32 Å². The highest BCUT2D eigenvalue weighted by Gasteiger charge is 2.12. The summed E-state index contributed by atoms with van der Waals surface area (Å²) >= 11 is 0. The van der Waals surface area contributed by atoms with Crippen molar-refractivity contribution in [3.63, 3.8) is 0 Å². The number of hydrogen-bond donors (Lipinski definition) is 3. The Bertz CT molecular complexity index is 498. The molecule has 0 heterocycles. The van der Waals surface area contributed by atoms with Crippen LogP contribution in [-0.2, 0) is 9.59 Å². The Labute approximate surface area is 116 Å². The van der Waals surface area contributed by atoms with Crippen LogP contribution in [0.15, 0.2) is 30.3 Å². The molecule has 0 spiro atoms. The Kier molecular flexibility index (Phi) is 6.25. The fraction of sp³-hybridized carbons (Fsp3) is 0.286. The molecule has 0 saturated carbocycles. The molecular formula is C14H17NO5. The first-order valence-corrected chi connectivity index (χ1v) is 6.03. The maximum atomic E-state index is 11.5. The van der Waals surface area contributed by atoms with Gasteiger partial charge in [0.25, 0.3) is 0 Å². The first-order valence-electron chi connectivity index (χ1n) is 6.03. The van der Waals surface area contributed by atoms with Gasteiger partial charge in [0.2, 0.25) is 5.91 Å². The summed E-state index contributed by atoms with van der Waals surface area (Å²) in [6.45, 7) is 0.0920. The molecule has 3 N–H and O–H groups in total. The van der Waals surface area contributed by atoms with Crippen LogP contribution in [0.3, 0.4) is 0 Å². The lowest BCUT2D eigenvalue weighted by molar-refractivity contribution is -0.147. The molecule has 0 aromatic heterocycles. The molecule has 1 amide bonds. The number of hydrogen-bond acceptors (Lipinski definition) is 4. The summed E-state index contributed by atoms with van der Waals surface area (Å²) < 4.78 is 5.06. The maximum Gasteiger partial charge on any atom is 0.332 e. The monoisotopic (exact) mass is 279 g/mol. The number of carboxylic acids is 1. The molecule has 0 aliphatic rings. The Balaban J connectivity index is 2.41. The van der Waals surface area contributed by atoms with Crippen molar-refractivity contribution in [2.45, 2.75) is 12.5 Å². The minimum absolute atomic E-state index is 0.0337. The van der Waals surface area contributed by atoms with Gasteiger partial charge in [0.1, 0.15) is 5.75 Å². The molecule has 20 heavy (non-hydrogen) atoms. The molecule has 1 atom stereocenters. The number of aliphatic carboxylic acids is 1. The Morgan fingerprint density at radius 1 is 1.45 bits per heavy atom. The average Bonchev–Trinajstić information content (AvgIpc) is 2.45. The standard InChI is InChI=1S/C14H17NO5/c1-20-11-4-2-3-10(9-11)5-6-13(17)15-8-7-12(16)14(18)19/h2-6,9,12,16H,7-8H2,1H3,(H,15,17)(H,18,19)/b6-5+/t12-/m0/s1. The van der Waals surface area contributed by atoms with Crippen LogP contribution in [0.2, 0.25) is 0 Å². The number of aliphatic hydroxyl groups is 1. The van der Waals surface area contributed by atoms with E-state index in [9.17, 15) is 9.59 Å². The number of carbonyl (C=O) groups is 2. The summed E-state index contributed by atoms with van der Waals surface area (Å²) in [6.07, 6.45) is 1.46. The number of rotatable bonds is 7. The van der Waals surface area contributed by atoms with Crippen molar-refractivity contribution in [2.24, 2.45) is 0 Å². The van der Waals surface area contributed by atoms with Gasteiger partial charge in [-0.15, -0.1) is 0 Å². The lowest BCUT2D eigenvalue weighted by atomic mass is 10.2. The Morgan fingerprint density at radius 2 is 2.20 bits per heavy atom. The van der Waals surface area contributed by atoms with Crippen LogP contribution >= 0.6 is 0 Å².